The van der Waals surface area contributed by atoms with Gasteiger partial charge in [-0.05, 0) is 40.3 Å². The van der Waals surface area contributed by atoms with E-state index in [0.717, 1.165) is 64.9 Å². The van der Waals surface area contributed by atoms with Crippen LogP contribution in [0.15, 0.2) is 205 Å². The number of imidazole rings is 1. The van der Waals surface area contributed by atoms with Crippen molar-refractivity contribution in [1.29, 1.82) is 0 Å². The van der Waals surface area contributed by atoms with Crippen LogP contribution in [0, 0.1) is 24.8 Å². The minimum atomic E-state index is -2.34. The van der Waals surface area contributed by atoms with Gasteiger partial charge in [0.05, 0.1) is 28.1 Å². The van der Waals surface area contributed by atoms with Gasteiger partial charge in [-0.15, -0.1) is 18.2 Å². The van der Waals surface area contributed by atoms with Gasteiger partial charge in [-0.2, -0.15) is 0 Å². The predicted octanol–water partition coefficient (Wildman–Crippen LogP) is 15.4. The minimum Gasteiger partial charge on any atom is -0.486 e. The van der Waals surface area contributed by atoms with Gasteiger partial charge < -0.3 is 8.98 Å². The summed E-state index contributed by atoms with van der Waals surface area (Å²) in [7, 11) is 0. The van der Waals surface area contributed by atoms with Gasteiger partial charge in [0.1, 0.15) is 0 Å². The average molecular weight is 1150 g/mol. The Morgan fingerprint density at radius 3 is 2.07 bits per heavy atom. The zero-order valence-corrected chi connectivity index (χ0v) is 43.0. The van der Waals surface area contributed by atoms with E-state index >= 15 is 0 Å². The number of aryl methyl sites for hydroxylation is 1. The molecule has 0 amide bonds. The number of hydrogen-bond acceptors (Lipinski definition) is 4. The molecule has 0 fully saturated rings. The van der Waals surface area contributed by atoms with Crippen molar-refractivity contribution in [3.05, 3.63) is 235 Å². The summed E-state index contributed by atoms with van der Waals surface area (Å²) in [6, 6.07) is 68.7. The Balaban J connectivity index is 0.000000246. The molecule has 70 heavy (non-hydrogen) atoms. The van der Waals surface area contributed by atoms with Crippen LogP contribution in [-0.4, -0.2) is 32.8 Å². The molecule has 0 aliphatic rings. The molecule has 8 heteroatoms. The van der Waals surface area contributed by atoms with E-state index in [2.05, 4.69) is 142 Å². The van der Waals surface area contributed by atoms with Gasteiger partial charge in [0.15, 0.2) is 0 Å². The Hall–Kier alpha value is -7.29. The normalized spacial score (nSPS) is 12.9. The molecule has 0 bridgehead atoms. The molecule has 4 heterocycles. The Kier molecular flexibility index (Phi) is 11.4. The summed E-state index contributed by atoms with van der Waals surface area (Å²) in [5, 5.41) is 3.81. The van der Waals surface area contributed by atoms with Crippen LogP contribution in [0.5, 0.6) is 0 Å². The van der Waals surface area contributed by atoms with Crippen molar-refractivity contribution in [3.8, 4) is 50.6 Å². The molecular formula is C62H47FGeIrN4O-2. The van der Waals surface area contributed by atoms with Gasteiger partial charge in [-0.1, -0.05) is 150 Å². The molecule has 0 unspecified atom stereocenters. The molecule has 0 saturated heterocycles. The van der Waals surface area contributed by atoms with Crippen LogP contribution in [0.1, 0.15) is 23.7 Å². The monoisotopic (exact) mass is 1150 g/mol. The number of furan rings is 1. The standard InChI is InChI=1S/C47H30N3O.C15H17FGeN.Ir/c1-4-14-31(15-5-1)30-35-27-28-40-39-24-13-25-41(45(39)51-47(40)48-35)46-49-43-36-21-11-10-20-34(36)26-29-42(43)50(46)44-37(32-16-6-2-7-17-32)22-12-23-38(44)33-18-8-3-9-19-33;1-11-9-15(12-5-7-13(16)8-6-12)18-10-14(11)17(2,3)4;/h1-24,26-29H,30H2;5,7-10H,1-4H3;/q2*-1;/i30D2;1D3;. The first-order chi connectivity index (χ1) is 35.6. The maximum Gasteiger partial charge on any atom is 0.216 e. The van der Waals surface area contributed by atoms with Crippen molar-refractivity contribution in [3.63, 3.8) is 0 Å². The number of hydrogen-bond donors (Lipinski definition) is 0. The second kappa shape index (κ2) is 19.6. The Bertz CT molecular complexity index is 3970. The van der Waals surface area contributed by atoms with Crippen molar-refractivity contribution in [2.45, 2.75) is 30.5 Å². The fraction of sp³-hybridized carbons (Fsp3) is 0.0806. The Morgan fingerprint density at radius 1 is 0.686 bits per heavy atom. The fourth-order valence-electron chi connectivity index (χ4n) is 8.98. The minimum absolute atomic E-state index is 0. The van der Waals surface area contributed by atoms with Crippen LogP contribution < -0.4 is 4.40 Å². The van der Waals surface area contributed by atoms with Gasteiger partial charge in [-0.3, -0.25) is 4.98 Å². The van der Waals surface area contributed by atoms with E-state index in [1.54, 1.807) is 36.5 Å². The summed E-state index contributed by atoms with van der Waals surface area (Å²) in [6.07, 6.45) is -0.137. The third-order valence-electron chi connectivity index (χ3n) is 12.3. The van der Waals surface area contributed by atoms with Crippen molar-refractivity contribution < 1.29 is 35.8 Å². The Labute approximate surface area is 430 Å². The molecule has 0 spiro atoms. The van der Waals surface area contributed by atoms with Crippen LogP contribution >= 0.6 is 0 Å². The van der Waals surface area contributed by atoms with Crippen molar-refractivity contribution in [2.75, 3.05) is 0 Å². The molecule has 8 aromatic carbocycles. The molecule has 5 nitrogen and oxygen atoms in total. The second-order valence-corrected chi connectivity index (χ2v) is 28.5. The number of benzene rings is 8. The number of pyridine rings is 2. The zero-order chi connectivity index (χ0) is 51.4. The van der Waals surface area contributed by atoms with Gasteiger partial charge >= 0.3 is 114 Å². The molecule has 0 atom stereocenters. The maximum absolute atomic E-state index is 13.0. The topological polar surface area (TPSA) is 56.7 Å². The quantitative estimate of drug-likeness (QED) is 0.112. The van der Waals surface area contributed by atoms with E-state index in [1.165, 1.54) is 12.1 Å². The summed E-state index contributed by atoms with van der Waals surface area (Å²) in [5.74, 6) is 6.71. The van der Waals surface area contributed by atoms with Gasteiger partial charge in [0.25, 0.3) is 0 Å². The van der Waals surface area contributed by atoms with Crippen LogP contribution in [0.25, 0.3) is 94.5 Å². The van der Waals surface area contributed by atoms with Crippen molar-refractivity contribution in [1.82, 2.24) is 19.5 Å². The predicted molar refractivity (Wildman–Crippen MR) is 284 cm³/mol. The average Bonchev–Trinajstić information content (AvgIpc) is 4.02. The molecular weight excluding hydrogens is 1100 g/mol. The van der Waals surface area contributed by atoms with Gasteiger partial charge in [0.2, 0.25) is 5.71 Å². The zero-order valence-electron chi connectivity index (χ0n) is 43.5. The van der Waals surface area contributed by atoms with Crippen LogP contribution in [0.2, 0.25) is 17.3 Å². The molecule has 0 aliphatic carbocycles. The summed E-state index contributed by atoms with van der Waals surface area (Å²) >= 11 is -2.34. The third-order valence-corrected chi connectivity index (χ3v) is 16.5. The molecule has 0 saturated carbocycles. The maximum atomic E-state index is 13.0. The molecule has 1 radical (unpaired) electrons. The number of fused-ring (bicyclic) bond motifs is 6. The SMILES string of the molecule is [2H]C([2H])([2H])c1cc(-c2[c-]cc(F)cc2)nc[c]1[Ge]([CH3])([CH3])[CH3].[2H]C([2H])(c1ccccc1)c1ccc2c(n1)oc1c(-c3nc4c5ccccc5ccc4n3-c3c(-c4ccccc4)cccc3-c3ccccc3)[c-]ccc12.[Ir]. The van der Waals surface area contributed by atoms with E-state index in [1.807, 2.05) is 48.5 Å². The molecule has 0 aliphatic heterocycles. The number of para-hydroxylation sites is 1. The number of nitrogens with zero attached hydrogens (tertiary/aromatic N) is 4. The van der Waals surface area contributed by atoms with E-state index in [-0.39, 0.29) is 31.6 Å². The van der Waals surface area contributed by atoms with E-state index in [0.29, 0.717) is 45.1 Å². The second-order valence-electron chi connectivity index (χ2n) is 17.9. The molecule has 12 aromatic rings. The number of rotatable bonds is 8. The van der Waals surface area contributed by atoms with Gasteiger partial charge in [-0.25, -0.2) is 4.98 Å². The van der Waals surface area contributed by atoms with Gasteiger partial charge in [0, 0.05) is 56.8 Å². The summed E-state index contributed by atoms with van der Waals surface area (Å²) in [6.45, 7) is -2.18. The third kappa shape index (κ3) is 9.04. The van der Waals surface area contributed by atoms with Crippen LogP contribution in [0.4, 0.5) is 4.39 Å². The molecule has 343 valence electrons. The summed E-state index contributed by atoms with van der Waals surface area (Å²) in [4.78, 5) is 14.6. The number of halogens is 1. The summed E-state index contributed by atoms with van der Waals surface area (Å²) < 4.78 is 63.9. The first-order valence-electron chi connectivity index (χ1n) is 25.3. The molecule has 12 rings (SSSR count). The van der Waals surface area contributed by atoms with E-state index < -0.39 is 26.5 Å². The smallest absolute Gasteiger partial charge is 0.216 e. The molecule has 0 N–H and O–H groups in total. The number of aromatic nitrogens is 4. The van der Waals surface area contributed by atoms with E-state index in [4.69, 9.17) is 21.2 Å². The van der Waals surface area contributed by atoms with E-state index in [9.17, 15) is 4.39 Å². The van der Waals surface area contributed by atoms with Crippen molar-refractivity contribution >= 4 is 61.5 Å². The van der Waals surface area contributed by atoms with Crippen LogP contribution in [-0.2, 0) is 26.5 Å². The van der Waals surface area contributed by atoms with Crippen molar-refractivity contribution in [2.24, 2.45) is 0 Å². The van der Waals surface area contributed by atoms with Crippen LogP contribution in [0.3, 0.4) is 0 Å². The largest absolute Gasteiger partial charge is 0.486 e. The fourth-order valence-corrected chi connectivity index (χ4v) is 11.8. The first-order valence-corrected chi connectivity index (χ1v) is 30.1. The molecule has 4 aromatic heterocycles. The first kappa shape index (κ1) is 40.6. The summed E-state index contributed by atoms with van der Waals surface area (Å²) in [5.41, 5.74) is 11.0. The Morgan fingerprint density at radius 2 is 1.39 bits per heavy atom.